The van der Waals surface area contributed by atoms with Gasteiger partial charge in [0.1, 0.15) is 0 Å². The lowest BCUT2D eigenvalue weighted by atomic mass is 10.3. The zero-order valence-electron chi connectivity index (χ0n) is 9.03. The first-order chi connectivity index (χ1) is 6.77. The molecule has 0 spiro atoms. The molecule has 0 saturated carbocycles. The Kier molecular flexibility index (Phi) is 4.40. The molecular formula is C11H19N3. The summed E-state index contributed by atoms with van der Waals surface area (Å²) in [5, 5.41) is 0. The summed E-state index contributed by atoms with van der Waals surface area (Å²) in [5.41, 5.74) is 7.86. The van der Waals surface area contributed by atoms with Crippen molar-refractivity contribution in [2.24, 2.45) is 5.73 Å². The summed E-state index contributed by atoms with van der Waals surface area (Å²) in [6, 6.07) is 4.14. The zero-order chi connectivity index (χ0) is 10.4. The average molecular weight is 193 g/mol. The number of aromatic nitrogens is 1. The van der Waals surface area contributed by atoms with Crippen LogP contribution < -0.4 is 10.6 Å². The number of nitrogens with two attached hydrogens (primary N) is 1. The molecule has 0 aliphatic heterocycles. The maximum absolute atomic E-state index is 5.58. The molecule has 0 fully saturated rings. The molecule has 3 heteroatoms. The van der Waals surface area contributed by atoms with Gasteiger partial charge in [-0.05, 0) is 25.5 Å². The quantitative estimate of drug-likeness (QED) is 0.771. The van der Waals surface area contributed by atoms with Gasteiger partial charge in [0.25, 0.3) is 0 Å². The molecule has 2 N–H and O–H groups in total. The number of rotatable bonds is 5. The van der Waals surface area contributed by atoms with E-state index in [1.807, 2.05) is 19.2 Å². The first-order valence-electron chi connectivity index (χ1n) is 5.15. The van der Waals surface area contributed by atoms with Crippen LogP contribution in [0.1, 0.15) is 19.0 Å². The lowest BCUT2D eigenvalue weighted by Crippen LogP contribution is -2.30. The van der Waals surface area contributed by atoms with Crippen molar-refractivity contribution >= 4 is 5.69 Å². The van der Waals surface area contributed by atoms with E-state index in [9.17, 15) is 0 Å². The van der Waals surface area contributed by atoms with Crippen LogP contribution in [0.5, 0.6) is 0 Å². The van der Waals surface area contributed by atoms with Crippen molar-refractivity contribution in [2.75, 3.05) is 24.5 Å². The third kappa shape index (κ3) is 3.00. The Morgan fingerprint density at radius 1 is 1.43 bits per heavy atom. The smallest absolute Gasteiger partial charge is 0.0400 e. The standard InChI is InChI=1S/C11H19N3/c1-3-7-14(8-5-12)11-4-6-13-10(2)9-11/h4,6,9H,3,5,7-8,12H2,1-2H3. The third-order valence-corrected chi connectivity index (χ3v) is 2.14. The van der Waals surface area contributed by atoms with Gasteiger partial charge in [-0.25, -0.2) is 0 Å². The highest BCUT2D eigenvalue weighted by Crippen LogP contribution is 2.13. The van der Waals surface area contributed by atoms with E-state index in [1.165, 1.54) is 5.69 Å². The largest absolute Gasteiger partial charge is 0.370 e. The molecule has 0 unspecified atom stereocenters. The number of hydrogen-bond acceptors (Lipinski definition) is 3. The van der Waals surface area contributed by atoms with Crippen LogP contribution in [0, 0.1) is 6.92 Å². The average Bonchev–Trinajstić information content (AvgIpc) is 2.17. The molecule has 0 saturated heterocycles. The van der Waals surface area contributed by atoms with Crippen LogP contribution in [-0.4, -0.2) is 24.6 Å². The predicted octanol–water partition coefficient (Wildman–Crippen LogP) is 1.57. The normalized spacial score (nSPS) is 10.2. The topological polar surface area (TPSA) is 42.1 Å². The van der Waals surface area contributed by atoms with Gasteiger partial charge in [0, 0.05) is 37.2 Å². The van der Waals surface area contributed by atoms with Gasteiger partial charge in [0.2, 0.25) is 0 Å². The third-order valence-electron chi connectivity index (χ3n) is 2.14. The van der Waals surface area contributed by atoms with E-state index in [2.05, 4.69) is 22.9 Å². The van der Waals surface area contributed by atoms with Crippen LogP contribution in [0.2, 0.25) is 0 Å². The van der Waals surface area contributed by atoms with E-state index in [-0.39, 0.29) is 0 Å². The summed E-state index contributed by atoms with van der Waals surface area (Å²) in [4.78, 5) is 6.48. The highest BCUT2D eigenvalue weighted by atomic mass is 15.1. The summed E-state index contributed by atoms with van der Waals surface area (Å²) in [6.07, 6.45) is 2.99. The molecule has 3 nitrogen and oxygen atoms in total. The Morgan fingerprint density at radius 2 is 2.21 bits per heavy atom. The van der Waals surface area contributed by atoms with Crippen molar-refractivity contribution in [3.63, 3.8) is 0 Å². The van der Waals surface area contributed by atoms with Crippen LogP contribution in [0.25, 0.3) is 0 Å². The van der Waals surface area contributed by atoms with Gasteiger partial charge in [-0.1, -0.05) is 6.92 Å². The second kappa shape index (κ2) is 5.60. The zero-order valence-corrected chi connectivity index (χ0v) is 9.03. The monoisotopic (exact) mass is 193 g/mol. The van der Waals surface area contributed by atoms with E-state index >= 15 is 0 Å². The predicted molar refractivity (Wildman–Crippen MR) is 60.5 cm³/mol. The highest BCUT2D eigenvalue weighted by Gasteiger charge is 2.03. The molecular weight excluding hydrogens is 174 g/mol. The summed E-state index contributed by atoms with van der Waals surface area (Å²) < 4.78 is 0. The van der Waals surface area contributed by atoms with E-state index in [0.717, 1.165) is 25.2 Å². The maximum Gasteiger partial charge on any atom is 0.0400 e. The van der Waals surface area contributed by atoms with Crippen LogP contribution in [0.4, 0.5) is 5.69 Å². The van der Waals surface area contributed by atoms with Gasteiger partial charge in [0.15, 0.2) is 0 Å². The molecule has 14 heavy (non-hydrogen) atoms. The molecule has 0 amide bonds. The molecule has 1 aromatic rings. The molecule has 0 radical (unpaired) electrons. The summed E-state index contributed by atoms with van der Waals surface area (Å²) in [5.74, 6) is 0. The van der Waals surface area contributed by atoms with Crippen LogP contribution in [-0.2, 0) is 0 Å². The van der Waals surface area contributed by atoms with E-state index < -0.39 is 0 Å². The van der Waals surface area contributed by atoms with Crippen molar-refractivity contribution in [2.45, 2.75) is 20.3 Å². The molecule has 78 valence electrons. The lowest BCUT2D eigenvalue weighted by Gasteiger charge is -2.23. The Hall–Kier alpha value is -1.09. The SMILES string of the molecule is CCCN(CCN)c1ccnc(C)c1. The fourth-order valence-electron chi connectivity index (χ4n) is 1.52. The maximum atomic E-state index is 5.58. The number of nitrogens with zero attached hydrogens (tertiary/aromatic N) is 2. The fourth-order valence-corrected chi connectivity index (χ4v) is 1.52. The van der Waals surface area contributed by atoms with Gasteiger partial charge in [-0.2, -0.15) is 0 Å². The fraction of sp³-hybridized carbons (Fsp3) is 0.545. The van der Waals surface area contributed by atoms with Gasteiger partial charge >= 0.3 is 0 Å². The number of aryl methyl sites for hydroxylation is 1. The summed E-state index contributed by atoms with van der Waals surface area (Å²) in [6.45, 7) is 6.85. The van der Waals surface area contributed by atoms with Crippen molar-refractivity contribution in [1.29, 1.82) is 0 Å². The second-order valence-corrected chi connectivity index (χ2v) is 3.43. The minimum Gasteiger partial charge on any atom is -0.370 e. The molecule has 1 aromatic heterocycles. The molecule has 0 bridgehead atoms. The lowest BCUT2D eigenvalue weighted by molar-refractivity contribution is 0.761. The van der Waals surface area contributed by atoms with Crippen molar-refractivity contribution in [1.82, 2.24) is 4.98 Å². The first-order valence-corrected chi connectivity index (χ1v) is 5.15. The van der Waals surface area contributed by atoms with E-state index in [1.54, 1.807) is 0 Å². The Balaban J connectivity index is 2.75. The minimum atomic E-state index is 0.696. The second-order valence-electron chi connectivity index (χ2n) is 3.43. The minimum absolute atomic E-state index is 0.696. The molecule has 1 heterocycles. The Morgan fingerprint density at radius 3 is 2.79 bits per heavy atom. The molecule has 0 atom stereocenters. The van der Waals surface area contributed by atoms with Crippen LogP contribution in [0.15, 0.2) is 18.3 Å². The van der Waals surface area contributed by atoms with E-state index in [4.69, 9.17) is 5.73 Å². The van der Waals surface area contributed by atoms with Crippen molar-refractivity contribution in [3.8, 4) is 0 Å². The number of hydrogen-bond donors (Lipinski definition) is 1. The number of pyridine rings is 1. The Bertz CT molecular complexity index is 267. The van der Waals surface area contributed by atoms with Crippen LogP contribution in [0.3, 0.4) is 0 Å². The Labute approximate surface area is 85.9 Å². The van der Waals surface area contributed by atoms with Crippen molar-refractivity contribution < 1.29 is 0 Å². The molecule has 0 aromatic carbocycles. The van der Waals surface area contributed by atoms with Gasteiger partial charge in [0.05, 0.1) is 0 Å². The van der Waals surface area contributed by atoms with Gasteiger partial charge in [-0.3, -0.25) is 4.98 Å². The number of anilines is 1. The van der Waals surface area contributed by atoms with Gasteiger partial charge in [-0.15, -0.1) is 0 Å². The highest BCUT2D eigenvalue weighted by molar-refractivity contribution is 5.46. The first kappa shape index (κ1) is 11.0. The molecule has 0 aliphatic carbocycles. The summed E-state index contributed by atoms with van der Waals surface area (Å²) >= 11 is 0. The molecule has 0 aliphatic rings. The van der Waals surface area contributed by atoms with Crippen molar-refractivity contribution in [3.05, 3.63) is 24.0 Å². The molecule has 1 rings (SSSR count). The van der Waals surface area contributed by atoms with Gasteiger partial charge < -0.3 is 10.6 Å². The summed E-state index contributed by atoms with van der Waals surface area (Å²) in [7, 11) is 0. The van der Waals surface area contributed by atoms with E-state index in [0.29, 0.717) is 6.54 Å². The van der Waals surface area contributed by atoms with Crippen LogP contribution >= 0.6 is 0 Å².